The van der Waals surface area contributed by atoms with Crippen molar-refractivity contribution in [1.82, 2.24) is 25.1 Å². The summed E-state index contributed by atoms with van der Waals surface area (Å²) in [5.41, 5.74) is 2.50. The first-order valence-electron chi connectivity index (χ1n) is 8.28. The molecule has 28 heavy (non-hydrogen) atoms. The minimum atomic E-state index is -0.632. The van der Waals surface area contributed by atoms with Crippen molar-refractivity contribution < 1.29 is 14.0 Å². The van der Waals surface area contributed by atoms with Crippen LogP contribution in [0.4, 0.5) is 10.2 Å². The third-order valence-electron chi connectivity index (χ3n) is 4.54. The lowest BCUT2D eigenvalue weighted by molar-refractivity contribution is -0.110. The van der Waals surface area contributed by atoms with Crippen molar-refractivity contribution in [2.45, 2.75) is 13.0 Å². The van der Waals surface area contributed by atoms with Crippen LogP contribution in [0.1, 0.15) is 18.5 Å². The average Bonchev–Trinajstić information content (AvgIpc) is 3.29. The summed E-state index contributed by atoms with van der Waals surface area (Å²) >= 11 is 6.41. The summed E-state index contributed by atoms with van der Waals surface area (Å²) in [6.07, 6.45) is 4.29. The van der Waals surface area contributed by atoms with Gasteiger partial charge in [-0.15, -0.1) is 0 Å². The first kappa shape index (κ1) is 17.9. The Hall–Kier alpha value is -3.46. The number of fused-ring (bicyclic) bond motifs is 2. The van der Waals surface area contributed by atoms with Crippen LogP contribution in [0.2, 0.25) is 5.02 Å². The normalized spacial score (nSPS) is 12.2. The average molecular weight is 401 g/mol. The molecular formula is C18H14ClFN6O2. The van der Waals surface area contributed by atoms with E-state index in [2.05, 4.69) is 25.9 Å². The van der Waals surface area contributed by atoms with Gasteiger partial charge in [-0.3, -0.25) is 14.7 Å². The second-order valence-electron chi connectivity index (χ2n) is 6.16. The number of anilines is 1. The molecule has 0 saturated carbocycles. The van der Waals surface area contributed by atoms with Gasteiger partial charge in [-0.05, 0) is 24.6 Å². The van der Waals surface area contributed by atoms with Crippen LogP contribution in [0.15, 0.2) is 30.6 Å². The van der Waals surface area contributed by atoms with Gasteiger partial charge >= 0.3 is 0 Å². The Bertz CT molecular complexity index is 1220. The van der Waals surface area contributed by atoms with E-state index >= 15 is 4.39 Å². The lowest BCUT2D eigenvalue weighted by Crippen LogP contribution is -2.18. The Morgan fingerprint density at radius 1 is 1.32 bits per heavy atom. The molecule has 1 unspecified atom stereocenters. The maximum absolute atomic E-state index is 15.1. The van der Waals surface area contributed by atoms with Crippen LogP contribution in [0, 0.1) is 5.82 Å². The number of carbonyl (C=O) groups is 2. The van der Waals surface area contributed by atoms with Gasteiger partial charge in [-0.25, -0.2) is 8.91 Å². The predicted octanol–water partition coefficient (Wildman–Crippen LogP) is 3.05. The van der Waals surface area contributed by atoms with Gasteiger partial charge in [0.2, 0.25) is 12.8 Å². The Labute approximate surface area is 162 Å². The number of nitrogens with zero attached hydrogens (tertiary/aromatic N) is 3. The lowest BCUT2D eigenvalue weighted by Gasteiger charge is -2.17. The summed E-state index contributed by atoms with van der Waals surface area (Å²) < 4.78 is 16.7. The SMILES string of the molecule is CC(NC=O)c1c(F)c(Cl)c(-c2ccn3nc(NC=O)cc3c2)c2cn[nH]c12. The van der Waals surface area contributed by atoms with E-state index in [-0.39, 0.29) is 10.6 Å². The van der Waals surface area contributed by atoms with Crippen molar-refractivity contribution in [3.8, 4) is 11.1 Å². The molecule has 3 heterocycles. The maximum atomic E-state index is 15.1. The number of nitrogens with one attached hydrogen (secondary N) is 3. The molecule has 4 aromatic rings. The zero-order chi connectivity index (χ0) is 19.8. The minimum Gasteiger partial charge on any atom is -0.352 e. The van der Waals surface area contributed by atoms with Gasteiger partial charge in [-0.1, -0.05) is 11.6 Å². The van der Waals surface area contributed by atoms with Crippen LogP contribution in [-0.2, 0) is 9.59 Å². The van der Waals surface area contributed by atoms with E-state index in [1.165, 1.54) is 0 Å². The maximum Gasteiger partial charge on any atom is 0.212 e. The number of benzene rings is 1. The Kier molecular flexibility index (Phi) is 4.44. The van der Waals surface area contributed by atoms with Crippen molar-refractivity contribution in [3.05, 3.63) is 47.0 Å². The Balaban J connectivity index is 1.94. The topological polar surface area (TPSA) is 104 Å². The van der Waals surface area contributed by atoms with Gasteiger partial charge in [0.05, 0.1) is 28.3 Å². The molecule has 0 aliphatic heterocycles. The molecule has 2 amide bonds. The summed E-state index contributed by atoms with van der Waals surface area (Å²) in [7, 11) is 0. The van der Waals surface area contributed by atoms with E-state index in [9.17, 15) is 9.59 Å². The second kappa shape index (κ2) is 6.93. The van der Waals surface area contributed by atoms with E-state index in [4.69, 9.17) is 11.6 Å². The number of aromatic amines is 1. The number of H-pyrrole nitrogens is 1. The van der Waals surface area contributed by atoms with Crippen molar-refractivity contribution in [2.75, 3.05) is 5.32 Å². The zero-order valence-electron chi connectivity index (χ0n) is 14.5. The number of halogens is 2. The van der Waals surface area contributed by atoms with Crippen molar-refractivity contribution >= 4 is 46.7 Å². The predicted molar refractivity (Wildman–Crippen MR) is 103 cm³/mol. The number of carbonyl (C=O) groups excluding carboxylic acids is 2. The second-order valence-corrected chi connectivity index (χ2v) is 6.54. The van der Waals surface area contributed by atoms with E-state index in [0.29, 0.717) is 46.2 Å². The summed E-state index contributed by atoms with van der Waals surface area (Å²) in [5.74, 6) is -0.242. The third kappa shape index (κ3) is 2.76. The highest BCUT2D eigenvalue weighted by molar-refractivity contribution is 6.35. The van der Waals surface area contributed by atoms with Crippen LogP contribution in [0.3, 0.4) is 0 Å². The Morgan fingerprint density at radius 2 is 2.14 bits per heavy atom. The molecule has 10 heteroatoms. The lowest BCUT2D eigenvalue weighted by atomic mass is 9.96. The van der Waals surface area contributed by atoms with Crippen LogP contribution < -0.4 is 10.6 Å². The van der Waals surface area contributed by atoms with Crippen LogP contribution in [-0.4, -0.2) is 32.6 Å². The molecular weight excluding hydrogens is 387 g/mol. The number of pyridine rings is 1. The molecule has 0 fully saturated rings. The van der Waals surface area contributed by atoms with Gasteiger partial charge in [0.25, 0.3) is 0 Å². The zero-order valence-corrected chi connectivity index (χ0v) is 15.3. The quantitative estimate of drug-likeness (QED) is 0.433. The molecule has 3 aromatic heterocycles. The molecule has 1 aromatic carbocycles. The van der Waals surface area contributed by atoms with E-state index in [1.54, 1.807) is 42.0 Å². The van der Waals surface area contributed by atoms with Crippen molar-refractivity contribution in [2.24, 2.45) is 0 Å². The van der Waals surface area contributed by atoms with Gasteiger partial charge in [0, 0.05) is 28.8 Å². The highest BCUT2D eigenvalue weighted by Crippen LogP contribution is 2.41. The first-order chi connectivity index (χ1) is 13.5. The molecule has 1 atom stereocenters. The van der Waals surface area contributed by atoms with E-state index in [1.807, 2.05) is 0 Å². The first-order valence-corrected chi connectivity index (χ1v) is 8.66. The summed E-state index contributed by atoms with van der Waals surface area (Å²) in [5, 5.41) is 16.6. The summed E-state index contributed by atoms with van der Waals surface area (Å²) in [6, 6.07) is 4.60. The molecule has 8 nitrogen and oxygen atoms in total. The fourth-order valence-corrected chi connectivity index (χ4v) is 3.60. The molecule has 4 rings (SSSR count). The molecule has 0 radical (unpaired) electrons. The minimum absolute atomic E-state index is 0.0708. The number of aromatic nitrogens is 4. The molecule has 0 saturated heterocycles. The van der Waals surface area contributed by atoms with E-state index < -0.39 is 11.9 Å². The van der Waals surface area contributed by atoms with Crippen LogP contribution in [0.25, 0.3) is 27.5 Å². The number of hydrogen-bond donors (Lipinski definition) is 3. The molecule has 0 spiro atoms. The van der Waals surface area contributed by atoms with Gasteiger partial charge in [0.1, 0.15) is 5.82 Å². The van der Waals surface area contributed by atoms with Crippen LogP contribution >= 0.6 is 11.6 Å². The summed E-state index contributed by atoms with van der Waals surface area (Å²) in [4.78, 5) is 21.4. The molecule has 0 bridgehead atoms. The molecule has 0 aliphatic rings. The van der Waals surface area contributed by atoms with Gasteiger partial charge in [0.15, 0.2) is 5.82 Å². The number of amides is 2. The van der Waals surface area contributed by atoms with Gasteiger partial charge < -0.3 is 10.6 Å². The van der Waals surface area contributed by atoms with Crippen molar-refractivity contribution in [1.29, 1.82) is 0 Å². The smallest absolute Gasteiger partial charge is 0.212 e. The van der Waals surface area contributed by atoms with E-state index in [0.717, 1.165) is 0 Å². The monoisotopic (exact) mass is 400 g/mol. The highest BCUT2D eigenvalue weighted by atomic mass is 35.5. The van der Waals surface area contributed by atoms with Gasteiger partial charge in [-0.2, -0.15) is 10.2 Å². The van der Waals surface area contributed by atoms with Crippen molar-refractivity contribution in [3.63, 3.8) is 0 Å². The third-order valence-corrected chi connectivity index (χ3v) is 4.89. The summed E-state index contributed by atoms with van der Waals surface area (Å²) in [6.45, 7) is 1.66. The number of hydrogen-bond acceptors (Lipinski definition) is 4. The van der Waals surface area contributed by atoms with Crippen LogP contribution in [0.5, 0.6) is 0 Å². The molecule has 142 valence electrons. The molecule has 3 N–H and O–H groups in total. The fourth-order valence-electron chi connectivity index (χ4n) is 3.29. The number of rotatable bonds is 6. The largest absolute Gasteiger partial charge is 0.352 e. The molecule has 0 aliphatic carbocycles. The fraction of sp³-hybridized carbons (Fsp3) is 0.111. The standard InChI is InChI=1S/C18H14ClFN6O2/c1-9(21-7-27)14-17(20)16(19)15(12-6-23-24-18(12)14)10-2-3-26-11(4-10)5-13(25-26)22-8-28/h2-9H,1H3,(H,21,27)(H,23,24)(H,22,25,28). The highest BCUT2D eigenvalue weighted by Gasteiger charge is 2.24. The Morgan fingerprint density at radius 3 is 2.89 bits per heavy atom.